The molecule has 2 atom stereocenters. The largest absolute Gasteiger partial charge is 0.496 e. The SMILES string of the molecule is CCC1CCCN(C(=O)NC(c2ccccc2OC)c2nccn2C)C1. The van der Waals surface area contributed by atoms with E-state index in [2.05, 4.69) is 17.2 Å². The van der Waals surface area contributed by atoms with Gasteiger partial charge >= 0.3 is 6.03 Å². The number of rotatable bonds is 5. The highest BCUT2D eigenvalue weighted by Crippen LogP contribution is 2.29. The van der Waals surface area contributed by atoms with E-state index in [1.807, 2.05) is 47.0 Å². The van der Waals surface area contributed by atoms with Gasteiger partial charge in [-0.2, -0.15) is 0 Å². The average molecular weight is 356 g/mol. The molecule has 1 aliphatic heterocycles. The summed E-state index contributed by atoms with van der Waals surface area (Å²) in [5, 5.41) is 3.19. The Morgan fingerprint density at radius 3 is 2.92 bits per heavy atom. The number of carbonyl (C=O) groups excluding carboxylic acids is 1. The van der Waals surface area contributed by atoms with E-state index < -0.39 is 0 Å². The van der Waals surface area contributed by atoms with Crippen molar-refractivity contribution in [3.8, 4) is 5.75 Å². The van der Waals surface area contributed by atoms with Crippen LogP contribution in [0.3, 0.4) is 0 Å². The molecule has 3 rings (SSSR count). The highest BCUT2D eigenvalue weighted by molar-refractivity contribution is 5.75. The molecule has 6 nitrogen and oxygen atoms in total. The fourth-order valence-corrected chi connectivity index (χ4v) is 3.64. The number of benzene rings is 1. The van der Waals surface area contributed by atoms with Crippen LogP contribution < -0.4 is 10.1 Å². The van der Waals surface area contributed by atoms with Gasteiger partial charge in [0.15, 0.2) is 0 Å². The van der Waals surface area contributed by atoms with Crippen LogP contribution in [0.5, 0.6) is 5.75 Å². The molecule has 0 radical (unpaired) electrons. The zero-order valence-corrected chi connectivity index (χ0v) is 15.8. The lowest BCUT2D eigenvalue weighted by Crippen LogP contribution is -2.47. The van der Waals surface area contributed by atoms with E-state index in [9.17, 15) is 4.79 Å². The third-order valence-corrected chi connectivity index (χ3v) is 5.22. The van der Waals surface area contributed by atoms with E-state index in [4.69, 9.17) is 4.74 Å². The Morgan fingerprint density at radius 2 is 2.23 bits per heavy atom. The lowest BCUT2D eigenvalue weighted by molar-refractivity contribution is 0.161. The van der Waals surface area contributed by atoms with Gasteiger partial charge < -0.3 is 19.5 Å². The molecule has 1 fully saturated rings. The lowest BCUT2D eigenvalue weighted by Gasteiger charge is -2.33. The number of amides is 2. The van der Waals surface area contributed by atoms with Crippen LogP contribution in [0, 0.1) is 5.92 Å². The van der Waals surface area contributed by atoms with Gasteiger partial charge in [-0.1, -0.05) is 31.5 Å². The highest BCUT2D eigenvalue weighted by atomic mass is 16.5. The predicted molar refractivity (Wildman–Crippen MR) is 101 cm³/mol. The summed E-state index contributed by atoms with van der Waals surface area (Å²) in [5.74, 6) is 2.12. The summed E-state index contributed by atoms with van der Waals surface area (Å²) >= 11 is 0. The normalized spacial score (nSPS) is 18.4. The number of nitrogens with one attached hydrogen (secondary N) is 1. The molecule has 0 spiro atoms. The summed E-state index contributed by atoms with van der Waals surface area (Å²) in [7, 11) is 3.58. The molecule has 2 aromatic rings. The summed E-state index contributed by atoms with van der Waals surface area (Å²) in [5.41, 5.74) is 0.904. The number of hydrogen-bond donors (Lipinski definition) is 1. The molecule has 1 saturated heterocycles. The molecule has 0 aliphatic carbocycles. The van der Waals surface area contributed by atoms with Gasteiger partial charge in [0.05, 0.1) is 7.11 Å². The zero-order chi connectivity index (χ0) is 18.5. The molecule has 140 valence electrons. The van der Waals surface area contributed by atoms with Gasteiger partial charge in [-0.15, -0.1) is 0 Å². The highest BCUT2D eigenvalue weighted by Gasteiger charge is 2.28. The van der Waals surface area contributed by atoms with E-state index in [0.717, 1.165) is 43.1 Å². The summed E-state index contributed by atoms with van der Waals surface area (Å²) in [6.07, 6.45) is 7.01. The van der Waals surface area contributed by atoms with Crippen LogP contribution in [0.25, 0.3) is 0 Å². The minimum absolute atomic E-state index is 0.0398. The molecule has 1 N–H and O–H groups in total. The Hall–Kier alpha value is -2.50. The fraction of sp³-hybridized carbons (Fsp3) is 0.500. The number of likely N-dealkylation sites (tertiary alicyclic amines) is 1. The topological polar surface area (TPSA) is 59.4 Å². The van der Waals surface area contributed by atoms with Gasteiger partial charge in [0, 0.05) is 38.1 Å². The minimum atomic E-state index is -0.361. The third kappa shape index (κ3) is 3.84. The molecule has 26 heavy (non-hydrogen) atoms. The molecule has 0 saturated carbocycles. The second-order valence-corrected chi connectivity index (χ2v) is 6.88. The first-order chi connectivity index (χ1) is 12.6. The Kier molecular flexibility index (Phi) is 5.81. The first kappa shape index (κ1) is 18.3. The monoisotopic (exact) mass is 356 g/mol. The Labute approximate surface area is 155 Å². The summed E-state index contributed by atoms with van der Waals surface area (Å²) in [4.78, 5) is 19.4. The number of ether oxygens (including phenoxy) is 1. The van der Waals surface area contributed by atoms with Crippen LogP contribution in [0.1, 0.15) is 43.6 Å². The van der Waals surface area contributed by atoms with E-state index in [1.54, 1.807) is 13.3 Å². The van der Waals surface area contributed by atoms with Crippen LogP contribution in [-0.2, 0) is 7.05 Å². The second-order valence-electron chi connectivity index (χ2n) is 6.88. The molecule has 2 unspecified atom stereocenters. The van der Waals surface area contributed by atoms with Gasteiger partial charge in [-0.05, 0) is 24.8 Å². The first-order valence-corrected chi connectivity index (χ1v) is 9.29. The Balaban J connectivity index is 1.87. The Bertz CT molecular complexity index is 743. The summed E-state index contributed by atoms with van der Waals surface area (Å²) < 4.78 is 7.46. The van der Waals surface area contributed by atoms with Gasteiger partial charge in [0.2, 0.25) is 0 Å². The number of para-hydroxylation sites is 1. The number of methoxy groups -OCH3 is 1. The maximum atomic E-state index is 13.0. The maximum absolute atomic E-state index is 13.0. The van der Waals surface area contributed by atoms with Crippen molar-refractivity contribution in [2.24, 2.45) is 13.0 Å². The molecule has 1 aromatic carbocycles. The maximum Gasteiger partial charge on any atom is 0.318 e. The van der Waals surface area contributed by atoms with Gasteiger partial charge in [-0.25, -0.2) is 9.78 Å². The van der Waals surface area contributed by atoms with Crippen molar-refractivity contribution in [1.29, 1.82) is 0 Å². The quantitative estimate of drug-likeness (QED) is 0.894. The van der Waals surface area contributed by atoms with Crippen LogP contribution in [0.2, 0.25) is 0 Å². The van der Waals surface area contributed by atoms with Crippen molar-refractivity contribution in [1.82, 2.24) is 19.8 Å². The van der Waals surface area contributed by atoms with E-state index in [1.165, 1.54) is 6.42 Å². The van der Waals surface area contributed by atoms with Crippen molar-refractivity contribution in [3.05, 3.63) is 48.0 Å². The van der Waals surface area contributed by atoms with Gasteiger partial charge in [0.1, 0.15) is 17.6 Å². The number of urea groups is 1. The molecular weight excluding hydrogens is 328 g/mol. The molecule has 6 heteroatoms. The molecular formula is C20H28N4O2. The van der Waals surface area contributed by atoms with Crippen molar-refractivity contribution < 1.29 is 9.53 Å². The van der Waals surface area contributed by atoms with Gasteiger partial charge in [-0.3, -0.25) is 0 Å². The van der Waals surface area contributed by atoms with Crippen LogP contribution in [-0.4, -0.2) is 40.7 Å². The van der Waals surface area contributed by atoms with E-state index in [-0.39, 0.29) is 12.1 Å². The van der Waals surface area contributed by atoms with E-state index in [0.29, 0.717) is 5.92 Å². The Morgan fingerprint density at radius 1 is 1.42 bits per heavy atom. The van der Waals surface area contributed by atoms with E-state index >= 15 is 0 Å². The van der Waals surface area contributed by atoms with Crippen molar-refractivity contribution >= 4 is 6.03 Å². The number of nitrogens with zero attached hydrogens (tertiary/aromatic N) is 3. The number of aromatic nitrogens is 2. The van der Waals surface area contributed by atoms with Crippen molar-refractivity contribution in [2.75, 3.05) is 20.2 Å². The first-order valence-electron chi connectivity index (χ1n) is 9.29. The molecule has 2 heterocycles. The van der Waals surface area contributed by atoms with Crippen LogP contribution in [0.4, 0.5) is 4.79 Å². The minimum Gasteiger partial charge on any atom is -0.496 e. The van der Waals surface area contributed by atoms with Gasteiger partial charge in [0.25, 0.3) is 0 Å². The zero-order valence-electron chi connectivity index (χ0n) is 15.8. The molecule has 0 bridgehead atoms. The van der Waals surface area contributed by atoms with Crippen LogP contribution >= 0.6 is 0 Å². The lowest BCUT2D eigenvalue weighted by atomic mass is 9.96. The second kappa shape index (κ2) is 8.25. The van der Waals surface area contributed by atoms with Crippen molar-refractivity contribution in [3.63, 3.8) is 0 Å². The number of aryl methyl sites for hydroxylation is 1. The van der Waals surface area contributed by atoms with Crippen molar-refractivity contribution in [2.45, 2.75) is 32.2 Å². The summed E-state index contributed by atoms with van der Waals surface area (Å²) in [6, 6.07) is 7.36. The average Bonchev–Trinajstić information content (AvgIpc) is 3.11. The summed E-state index contributed by atoms with van der Waals surface area (Å²) in [6.45, 7) is 3.82. The number of piperidine rings is 1. The molecule has 2 amide bonds. The predicted octanol–water partition coefficient (Wildman–Crippen LogP) is 3.35. The number of carbonyl (C=O) groups is 1. The third-order valence-electron chi connectivity index (χ3n) is 5.22. The molecule has 1 aliphatic rings. The molecule has 1 aromatic heterocycles. The fourth-order valence-electron chi connectivity index (χ4n) is 3.64. The van der Waals surface area contributed by atoms with Crippen LogP contribution in [0.15, 0.2) is 36.7 Å². The smallest absolute Gasteiger partial charge is 0.318 e. The number of hydrogen-bond acceptors (Lipinski definition) is 3. The standard InChI is InChI=1S/C20H28N4O2/c1-4-15-8-7-12-24(14-15)20(25)22-18(19-21-11-13-23(19)2)16-9-5-6-10-17(16)26-3/h5-6,9-11,13,15,18H,4,7-8,12,14H2,1-3H3,(H,22,25). The number of imidazole rings is 1.